The fraction of sp³-hybridized carbons (Fsp3) is 0.261. The van der Waals surface area contributed by atoms with E-state index in [1.165, 1.54) is 11.3 Å². The van der Waals surface area contributed by atoms with Crippen LogP contribution in [0.1, 0.15) is 37.3 Å². The quantitative estimate of drug-likeness (QED) is 0.555. The van der Waals surface area contributed by atoms with E-state index in [1.807, 2.05) is 47.9 Å². The molecule has 1 aliphatic rings. The maximum atomic E-state index is 13.4. The molecule has 0 saturated carbocycles. The summed E-state index contributed by atoms with van der Waals surface area (Å²) in [6.07, 6.45) is 1.58. The van der Waals surface area contributed by atoms with Crippen LogP contribution in [0.15, 0.2) is 62.8 Å². The molecule has 0 saturated heterocycles. The summed E-state index contributed by atoms with van der Waals surface area (Å²) < 4.78 is 12.9. The van der Waals surface area contributed by atoms with Gasteiger partial charge in [-0.1, -0.05) is 29.5 Å². The number of thiazole rings is 1. The molecule has 1 unspecified atom stereocenters. The number of aromatic nitrogens is 1. The molecule has 4 rings (SSSR count). The van der Waals surface area contributed by atoms with E-state index >= 15 is 0 Å². The van der Waals surface area contributed by atoms with Crippen LogP contribution in [0.4, 0.5) is 0 Å². The van der Waals surface area contributed by atoms with Crippen LogP contribution in [-0.2, 0) is 9.53 Å². The van der Waals surface area contributed by atoms with E-state index in [1.54, 1.807) is 43.8 Å². The summed E-state index contributed by atoms with van der Waals surface area (Å²) in [5.74, 6) is 0.227. The van der Waals surface area contributed by atoms with Gasteiger partial charge in [0.25, 0.3) is 5.56 Å². The Kier molecular flexibility index (Phi) is 5.93. The lowest BCUT2D eigenvalue weighted by Gasteiger charge is -2.25. The summed E-state index contributed by atoms with van der Waals surface area (Å²) in [4.78, 5) is 32.6. The highest BCUT2D eigenvalue weighted by Crippen LogP contribution is 2.31. The molecule has 0 aliphatic carbocycles. The molecule has 0 radical (unpaired) electrons. The number of hydrogen-bond donors (Lipinski definition) is 0. The summed E-state index contributed by atoms with van der Waals surface area (Å²) in [6.45, 7) is 5.38. The molecule has 3 heterocycles. The van der Waals surface area contributed by atoms with Crippen LogP contribution in [0.2, 0.25) is 0 Å². The second kappa shape index (κ2) is 8.64. The van der Waals surface area contributed by atoms with Crippen molar-refractivity contribution in [2.45, 2.75) is 32.9 Å². The van der Waals surface area contributed by atoms with Gasteiger partial charge in [0.15, 0.2) is 4.80 Å². The van der Waals surface area contributed by atoms with Gasteiger partial charge in [-0.2, -0.15) is 0 Å². The Balaban J connectivity index is 1.94. The third-order valence-corrected chi connectivity index (χ3v) is 6.63. The molecule has 1 atom stereocenters. The lowest BCUT2D eigenvalue weighted by molar-refractivity contribution is -0.143. The van der Waals surface area contributed by atoms with Crippen molar-refractivity contribution in [1.29, 1.82) is 0 Å². The molecule has 0 amide bonds. The summed E-state index contributed by atoms with van der Waals surface area (Å²) in [5.41, 5.74) is 1.53. The van der Waals surface area contributed by atoms with Gasteiger partial charge in [-0.25, -0.2) is 9.79 Å². The zero-order valence-electron chi connectivity index (χ0n) is 17.6. The summed E-state index contributed by atoms with van der Waals surface area (Å²) in [7, 11) is 1.60. The lowest BCUT2D eigenvalue weighted by Crippen LogP contribution is -2.40. The number of hydrogen-bond acceptors (Lipinski definition) is 7. The summed E-state index contributed by atoms with van der Waals surface area (Å²) in [5, 5.41) is 1.97. The zero-order chi connectivity index (χ0) is 22.1. The first kappa shape index (κ1) is 21.3. The van der Waals surface area contributed by atoms with Gasteiger partial charge in [0, 0.05) is 4.88 Å². The van der Waals surface area contributed by atoms with Gasteiger partial charge >= 0.3 is 5.97 Å². The van der Waals surface area contributed by atoms with Crippen LogP contribution in [0.25, 0.3) is 6.08 Å². The van der Waals surface area contributed by atoms with Crippen LogP contribution < -0.4 is 19.6 Å². The van der Waals surface area contributed by atoms with E-state index in [0.717, 1.165) is 10.4 Å². The van der Waals surface area contributed by atoms with Crippen LogP contribution >= 0.6 is 22.7 Å². The number of esters is 1. The minimum Gasteiger partial charge on any atom is -0.497 e. The molecule has 6 nitrogen and oxygen atoms in total. The Morgan fingerprint density at radius 1 is 1.23 bits per heavy atom. The van der Waals surface area contributed by atoms with E-state index in [2.05, 4.69) is 4.99 Å². The molecule has 0 N–H and O–H groups in total. The molecular formula is C23H22N2O4S2. The van der Waals surface area contributed by atoms with Gasteiger partial charge in [-0.3, -0.25) is 9.36 Å². The standard InChI is InChI=1S/C23H22N2O4S2/c1-13(2)29-22(27)19-14(3)24-23-25(20(19)15-7-9-16(28-4)10-8-15)21(26)18(31-23)12-17-6-5-11-30-17/h5-13,20H,1-4H3. The number of fused-ring (bicyclic) bond motifs is 1. The number of thiophene rings is 1. The monoisotopic (exact) mass is 454 g/mol. The third-order valence-electron chi connectivity index (χ3n) is 4.83. The predicted molar refractivity (Wildman–Crippen MR) is 122 cm³/mol. The van der Waals surface area contributed by atoms with Crippen LogP contribution in [0.3, 0.4) is 0 Å². The van der Waals surface area contributed by atoms with Crippen molar-refractivity contribution in [2.24, 2.45) is 4.99 Å². The second-order valence-electron chi connectivity index (χ2n) is 7.32. The highest BCUT2D eigenvalue weighted by atomic mass is 32.1. The maximum absolute atomic E-state index is 13.4. The van der Waals surface area contributed by atoms with E-state index in [4.69, 9.17) is 9.47 Å². The number of benzene rings is 1. The van der Waals surface area contributed by atoms with E-state index in [-0.39, 0.29) is 11.7 Å². The average molecular weight is 455 g/mol. The highest BCUT2D eigenvalue weighted by Gasteiger charge is 2.33. The van der Waals surface area contributed by atoms with Gasteiger partial charge in [0.05, 0.1) is 35.1 Å². The average Bonchev–Trinajstić information content (AvgIpc) is 3.35. The number of methoxy groups -OCH3 is 1. The lowest BCUT2D eigenvalue weighted by atomic mass is 9.96. The van der Waals surface area contributed by atoms with E-state index in [9.17, 15) is 9.59 Å². The molecule has 0 fully saturated rings. The Labute approximate surface area is 187 Å². The number of carbonyl (C=O) groups excluding carboxylic acids is 1. The van der Waals surface area contributed by atoms with E-state index < -0.39 is 12.0 Å². The molecule has 3 aromatic rings. The van der Waals surface area contributed by atoms with Crippen LogP contribution in [0, 0.1) is 0 Å². The van der Waals surface area contributed by atoms with Gasteiger partial charge in [0.2, 0.25) is 0 Å². The number of rotatable bonds is 5. The first-order valence-electron chi connectivity index (χ1n) is 9.80. The van der Waals surface area contributed by atoms with Crippen LogP contribution in [0.5, 0.6) is 5.75 Å². The molecule has 31 heavy (non-hydrogen) atoms. The van der Waals surface area contributed by atoms with Crippen molar-refractivity contribution in [1.82, 2.24) is 4.57 Å². The SMILES string of the molecule is COc1ccc(C2C(C(=O)OC(C)C)=C(C)N=c3sc(=Cc4cccs4)c(=O)n32)cc1. The first-order valence-corrected chi connectivity index (χ1v) is 11.5. The number of nitrogens with zero attached hydrogens (tertiary/aromatic N) is 2. The molecule has 1 aromatic carbocycles. The van der Waals surface area contributed by atoms with Crippen molar-refractivity contribution >= 4 is 34.7 Å². The smallest absolute Gasteiger partial charge is 0.338 e. The molecule has 0 spiro atoms. The van der Waals surface area contributed by atoms with Crippen molar-refractivity contribution in [3.05, 3.63) is 83.2 Å². The third kappa shape index (κ3) is 4.13. The fourth-order valence-electron chi connectivity index (χ4n) is 3.46. The minimum absolute atomic E-state index is 0.180. The molecule has 2 aromatic heterocycles. The van der Waals surface area contributed by atoms with Crippen molar-refractivity contribution in [2.75, 3.05) is 7.11 Å². The summed E-state index contributed by atoms with van der Waals surface area (Å²) >= 11 is 2.88. The van der Waals surface area contributed by atoms with Crippen molar-refractivity contribution in [3.8, 4) is 5.75 Å². The number of carbonyl (C=O) groups is 1. The Morgan fingerprint density at radius 3 is 2.58 bits per heavy atom. The number of ether oxygens (including phenoxy) is 2. The second-order valence-corrected chi connectivity index (χ2v) is 9.31. The summed E-state index contributed by atoms with van der Waals surface area (Å²) in [6, 6.07) is 10.6. The minimum atomic E-state index is -0.626. The molecule has 160 valence electrons. The molecular weight excluding hydrogens is 432 g/mol. The van der Waals surface area contributed by atoms with Gasteiger partial charge < -0.3 is 9.47 Å². The fourth-order valence-corrected chi connectivity index (χ4v) is 5.23. The van der Waals surface area contributed by atoms with Crippen LogP contribution in [-0.4, -0.2) is 23.8 Å². The van der Waals surface area contributed by atoms with Gasteiger partial charge in [-0.05, 0) is 56.0 Å². The van der Waals surface area contributed by atoms with E-state index in [0.29, 0.717) is 26.4 Å². The Hall–Kier alpha value is -2.97. The normalized spacial score (nSPS) is 16.3. The topological polar surface area (TPSA) is 69.9 Å². The van der Waals surface area contributed by atoms with Crippen molar-refractivity contribution < 1.29 is 14.3 Å². The molecule has 8 heteroatoms. The van der Waals surface area contributed by atoms with Crippen molar-refractivity contribution in [3.63, 3.8) is 0 Å². The molecule has 0 bridgehead atoms. The Bertz CT molecular complexity index is 1310. The highest BCUT2D eigenvalue weighted by molar-refractivity contribution is 7.11. The molecule has 1 aliphatic heterocycles. The Morgan fingerprint density at radius 2 is 1.97 bits per heavy atom. The largest absolute Gasteiger partial charge is 0.497 e. The van der Waals surface area contributed by atoms with Gasteiger partial charge in [0.1, 0.15) is 5.75 Å². The maximum Gasteiger partial charge on any atom is 0.338 e. The van der Waals surface area contributed by atoms with Gasteiger partial charge in [-0.15, -0.1) is 11.3 Å². The number of allylic oxidation sites excluding steroid dienone is 1. The predicted octanol–water partition coefficient (Wildman–Crippen LogP) is 3.26. The first-order chi connectivity index (χ1) is 14.9. The zero-order valence-corrected chi connectivity index (χ0v) is 19.3.